The highest BCUT2D eigenvalue weighted by molar-refractivity contribution is 7.92. The van der Waals surface area contributed by atoms with Gasteiger partial charge in [0.25, 0.3) is 10.0 Å². The van der Waals surface area contributed by atoms with Crippen molar-refractivity contribution in [2.75, 3.05) is 0 Å². The highest BCUT2D eigenvalue weighted by Gasteiger charge is 2.25. The van der Waals surface area contributed by atoms with Gasteiger partial charge in [-0.15, -0.1) is 11.3 Å². The summed E-state index contributed by atoms with van der Waals surface area (Å²) in [4.78, 5) is 16.4. The summed E-state index contributed by atoms with van der Waals surface area (Å²) >= 11 is 1.12. The molecule has 3 rings (SSSR count). The SMILES string of the molecule is CC(C)Cc1cc(-c2ccc(Cn3ccnc3C(C)(C)C)cc2)c(S(=O)(=O)NC(=O)O)s1. The van der Waals surface area contributed by atoms with Gasteiger partial charge in [-0.25, -0.2) is 22.9 Å². The van der Waals surface area contributed by atoms with Gasteiger partial charge in [-0.2, -0.15) is 0 Å². The van der Waals surface area contributed by atoms with Gasteiger partial charge in [0.15, 0.2) is 0 Å². The second-order valence-electron chi connectivity index (χ2n) is 9.25. The molecule has 0 fully saturated rings. The maximum Gasteiger partial charge on any atom is 0.418 e. The van der Waals surface area contributed by atoms with Crippen molar-refractivity contribution in [1.29, 1.82) is 0 Å². The molecule has 0 spiro atoms. The van der Waals surface area contributed by atoms with Gasteiger partial charge in [-0.05, 0) is 29.5 Å². The number of rotatable bonds is 7. The van der Waals surface area contributed by atoms with Crippen LogP contribution in [0.4, 0.5) is 4.79 Å². The number of hydrogen-bond acceptors (Lipinski definition) is 5. The van der Waals surface area contributed by atoms with E-state index >= 15 is 0 Å². The summed E-state index contributed by atoms with van der Waals surface area (Å²) in [6.07, 6.45) is 2.87. The molecule has 0 aliphatic heterocycles. The monoisotopic (exact) mass is 475 g/mol. The molecule has 3 aromatic rings. The third-order valence-electron chi connectivity index (χ3n) is 4.83. The molecule has 0 bridgehead atoms. The number of carbonyl (C=O) groups is 1. The largest absolute Gasteiger partial charge is 0.464 e. The normalized spacial score (nSPS) is 12.3. The van der Waals surface area contributed by atoms with Crippen LogP contribution in [0.3, 0.4) is 0 Å². The number of aromatic nitrogens is 2. The van der Waals surface area contributed by atoms with Crippen molar-refractivity contribution >= 4 is 27.5 Å². The summed E-state index contributed by atoms with van der Waals surface area (Å²) in [6, 6.07) is 9.53. The van der Waals surface area contributed by atoms with Gasteiger partial charge >= 0.3 is 6.09 Å². The number of imidazole rings is 1. The number of nitrogens with zero attached hydrogens (tertiary/aromatic N) is 2. The maximum atomic E-state index is 12.7. The van der Waals surface area contributed by atoms with E-state index in [-0.39, 0.29) is 9.62 Å². The maximum absolute atomic E-state index is 12.7. The molecule has 2 aromatic heterocycles. The summed E-state index contributed by atoms with van der Waals surface area (Å²) in [5.74, 6) is 1.34. The van der Waals surface area contributed by atoms with E-state index in [2.05, 4.69) is 44.2 Å². The van der Waals surface area contributed by atoms with Crippen LogP contribution in [0.2, 0.25) is 0 Å². The van der Waals surface area contributed by atoms with Crippen LogP contribution in [-0.4, -0.2) is 29.2 Å². The molecule has 7 nitrogen and oxygen atoms in total. The highest BCUT2D eigenvalue weighted by Crippen LogP contribution is 2.36. The highest BCUT2D eigenvalue weighted by atomic mass is 32.2. The minimum Gasteiger partial charge on any atom is -0.464 e. The number of amides is 1. The summed E-state index contributed by atoms with van der Waals surface area (Å²) in [6.45, 7) is 11.1. The molecule has 172 valence electrons. The Kier molecular flexibility index (Phi) is 6.80. The van der Waals surface area contributed by atoms with Crippen molar-refractivity contribution in [3.05, 3.63) is 59.0 Å². The van der Waals surface area contributed by atoms with Gasteiger partial charge in [0.1, 0.15) is 10.0 Å². The third-order valence-corrected chi connectivity index (χ3v) is 7.84. The zero-order valence-corrected chi connectivity index (χ0v) is 20.5. The summed E-state index contributed by atoms with van der Waals surface area (Å²) in [7, 11) is -4.17. The van der Waals surface area contributed by atoms with Crippen LogP contribution in [0.15, 0.2) is 46.9 Å². The minimum absolute atomic E-state index is 0.0212. The molecular weight excluding hydrogens is 446 g/mol. The van der Waals surface area contributed by atoms with Gasteiger partial charge < -0.3 is 9.67 Å². The lowest BCUT2D eigenvalue weighted by atomic mass is 9.95. The van der Waals surface area contributed by atoms with E-state index in [0.717, 1.165) is 33.2 Å². The van der Waals surface area contributed by atoms with E-state index in [4.69, 9.17) is 5.11 Å². The summed E-state index contributed by atoms with van der Waals surface area (Å²) in [5.41, 5.74) is 2.23. The first-order chi connectivity index (χ1) is 14.9. The fourth-order valence-electron chi connectivity index (χ4n) is 3.56. The van der Waals surface area contributed by atoms with Crippen LogP contribution in [0.1, 0.15) is 50.9 Å². The Morgan fingerprint density at radius 3 is 2.44 bits per heavy atom. The van der Waals surface area contributed by atoms with Gasteiger partial charge in [-0.1, -0.05) is 58.9 Å². The van der Waals surface area contributed by atoms with E-state index in [9.17, 15) is 13.2 Å². The molecule has 1 aromatic carbocycles. The van der Waals surface area contributed by atoms with Crippen LogP contribution in [0, 0.1) is 5.92 Å². The lowest BCUT2D eigenvalue weighted by Crippen LogP contribution is -2.28. The van der Waals surface area contributed by atoms with Gasteiger partial charge in [-0.3, -0.25) is 0 Å². The molecule has 1 amide bonds. The number of hydrogen-bond donors (Lipinski definition) is 2. The van der Waals surface area contributed by atoms with Crippen LogP contribution in [-0.2, 0) is 28.4 Å². The van der Waals surface area contributed by atoms with E-state index in [1.54, 1.807) is 10.9 Å². The second kappa shape index (κ2) is 9.07. The smallest absolute Gasteiger partial charge is 0.418 e. The van der Waals surface area contributed by atoms with Gasteiger partial charge in [0.2, 0.25) is 0 Å². The van der Waals surface area contributed by atoms with E-state index in [1.807, 2.05) is 36.5 Å². The second-order valence-corrected chi connectivity index (χ2v) is 12.3. The zero-order chi connectivity index (χ0) is 23.7. The molecule has 9 heteroatoms. The minimum atomic E-state index is -4.17. The average molecular weight is 476 g/mol. The topological polar surface area (TPSA) is 101 Å². The first kappa shape index (κ1) is 24.0. The molecule has 0 unspecified atom stereocenters. The Morgan fingerprint density at radius 2 is 1.88 bits per heavy atom. The third kappa shape index (κ3) is 5.58. The van der Waals surface area contributed by atoms with Crippen molar-refractivity contribution in [1.82, 2.24) is 14.3 Å². The predicted octanol–water partition coefficient (Wildman–Crippen LogP) is 5.11. The fourth-order valence-corrected chi connectivity index (χ4v) is 6.35. The van der Waals surface area contributed by atoms with Gasteiger partial charge in [0, 0.05) is 34.8 Å². The molecule has 0 saturated heterocycles. The first-order valence-electron chi connectivity index (χ1n) is 10.4. The lowest BCUT2D eigenvalue weighted by Gasteiger charge is -2.20. The van der Waals surface area contributed by atoms with Crippen LogP contribution >= 0.6 is 11.3 Å². The molecule has 2 N–H and O–H groups in total. The van der Waals surface area contributed by atoms with Crippen molar-refractivity contribution in [3.8, 4) is 11.1 Å². The number of carboxylic acid groups (broad SMARTS) is 1. The Balaban J connectivity index is 1.95. The van der Waals surface area contributed by atoms with Crippen molar-refractivity contribution in [2.24, 2.45) is 5.92 Å². The molecular formula is C23H29N3O4S2. The standard InChI is InChI=1S/C23H29N3O4S2/c1-15(2)12-18-13-19(20(31-18)32(29,30)25-22(27)28)17-8-6-16(7-9-17)14-26-11-10-24-21(26)23(3,4)5/h6-11,13,15,25H,12,14H2,1-5H3,(H,27,28). The molecule has 2 heterocycles. The number of sulfonamides is 1. The Bertz CT molecular complexity index is 1200. The Hall–Kier alpha value is -2.65. The van der Waals surface area contributed by atoms with E-state index in [1.165, 1.54) is 0 Å². The molecule has 0 atom stereocenters. The van der Waals surface area contributed by atoms with Crippen molar-refractivity contribution in [3.63, 3.8) is 0 Å². The lowest BCUT2D eigenvalue weighted by molar-refractivity contribution is 0.201. The van der Waals surface area contributed by atoms with Crippen LogP contribution in [0.5, 0.6) is 0 Å². The van der Waals surface area contributed by atoms with Crippen molar-refractivity contribution in [2.45, 2.75) is 57.2 Å². The van der Waals surface area contributed by atoms with Gasteiger partial charge in [0.05, 0.1) is 0 Å². The van der Waals surface area contributed by atoms with E-state index < -0.39 is 16.1 Å². The van der Waals surface area contributed by atoms with Crippen LogP contribution in [0.25, 0.3) is 11.1 Å². The fraction of sp³-hybridized carbons (Fsp3) is 0.391. The number of thiophene rings is 1. The first-order valence-corrected chi connectivity index (χ1v) is 12.7. The number of benzene rings is 1. The summed E-state index contributed by atoms with van der Waals surface area (Å²) in [5, 5.41) is 8.97. The molecule has 0 radical (unpaired) electrons. The zero-order valence-electron chi connectivity index (χ0n) is 18.9. The summed E-state index contributed by atoms with van der Waals surface area (Å²) < 4.78 is 29.1. The predicted molar refractivity (Wildman–Crippen MR) is 127 cm³/mol. The molecule has 0 aliphatic carbocycles. The molecule has 0 saturated carbocycles. The Morgan fingerprint density at radius 1 is 1.22 bits per heavy atom. The average Bonchev–Trinajstić information content (AvgIpc) is 3.28. The van der Waals surface area contributed by atoms with Crippen LogP contribution < -0.4 is 4.72 Å². The Labute approximate surface area is 193 Å². The molecule has 0 aliphatic rings. The van der Waals surface area contributed by atoms with E-state index in [0.29, 0.717) is 24.4 Å². The quantitative estimate of drug-likeness (QED) is 0.494. The number of nitrogens with one attached hydrogen (secondary N) is 1. The van der Waals surface area contributed by atoms with Crippen molar-refractivity contribution < 1.29 is 18.3 Å². The molecule has 32 heavy (non-hydrogen) atoms.